The standard InChI is InChI=1S/C30H30FNO/c1-22(21-32-19-18-25-8-5-7-24-6-3-4-9-29(24)25)30-20-28(33-2)17-14-26(30)13-10-23-11-15-27(31)16-12-23/h3-17,20,22,32H,18-19,21H2,1-2H3. The van der Waals surface area contributed by atoms with Crippen molar-refractivity contribution < 1.29 is 9.13 Å². The third-order valence-corrected chi connectivity index (χ3v) is 6.05. The molecule has 0 aromatic heterocycles. The van der Waals surface area contributed by atoms with Crippen LogP contribution >= 0.6 is 0 Å². The second kappa shape index (κ2) is 10.9. The summed E-state index contributed by atoms with van der Waals surface area (Å²) in [5.41, 5.74) is 4.71. The highest BCUT2D eigenvalue weighted by Crippen LogP contribution is 2.27. The van der Waals surface area contributed by atoms with Crippen LogP contribution in [-0.2, 0) is 6.42 Å². The lowest BCUT2D eigenvalue weighted by Gasteiger charge is -2.17. The van der Waals surface area contributed by atoms with Crippen LogP contribution in [0.2, 0.25) is 0 Å². The summed E-state index contributed by atoms with van der Waals surface area (Å²) < 4.78 is 18.7. The van der Waals surface area contributed by atoms with Crippen molar-refractivity contribution in [3.05, 3.63) is 113 Å². The minimum absolute atomic E-state index is 0.222. The number of rotatable bonds is 9. The molecule has 0 aliphatic heterocycles. The van der Waals surface area contributed by atoms with Crippen LogP contribution in [0.3, 0.4) is 0 Å². The normalized spacial score (nSPS) is 12.3. The van der Waals surface area contributed by atoms with Crippen molar-refractivity contribution in [2.75, 3.05) is 20.2 Å². The zero-order chi connectivity index (χ0) is 23.0. The largest absolute Gasteiger partial charge is 0.497 e. The van der Waals surface area contributed by atoms with E-state index in [9.17, 15) is 4.39 Å². The Bertz CT molecular complexity index is 1220. The number of methoxy groups -OCH3 is 1. The van der Waals surface area contributed by atoms with E-state index in [0.29, 0.717) is 5.92 Å². The zero-order valence-electron chi connectivity index (χ0n) is 19.2. The van der Waals surface area contributed by atoms with Crippen LogP contribution < -0.4 is 10.1 Å². The van der Waals surface area contributed by atoms with Crippen LogP contribution in [0.25, 0.3) is 22.9 Å². The van der Waals surface area contributed by atoms with Crippen LogP contribution in [-0.4, -0.2) is 20.2 Å². The Labute approximate surface area is 195 Å². The maximum atomic E-state index is 13.2. The van der Waals surface area contributed by atoms with E-state index in [0.717, 1.165) is 36.4 Å². The molecule has 168 valence electrons. The van der Waals surface area contributed by atoms with Crippen LogP contribution in [0.1, 0.15) is 35.1 Å². The number of ether oxygens (including phenoxy) is 1. The van der Waals surface area contributed by atoms with E-state index in [1.54, 1.807) is 19.2 Å². The lowest BCUT2D eigenvalue weighted by molar-refractivity contribution is 0.413. The highest BCUT2D eigenvalue weighted by atomic mass is 19.1. The van der Waals surface area contributed by atoms with Gasteiger partial charge in [-0.15, -0.1) is 0 Å². The molecule has 0 saturated heterocycles. The minimum atomic E-state index is -0.222. The van der Waals surface area contributed by atoms with E-state index < -0.39 is 0 Å². The van der Waals surface area contributed by atoms with Gasteiger partial charge in [0.25, 0.3) is 0 Å². The molecule has 1 atom stereocenters. The van der Waals surface area contributed by atoms with Gasteiger partial charge in [-0.25, -0.2) is 4.39 Å². The molecule has 0 fully saturated rings. The van der Waals surface area contributed by atoms with Crippen molar-refractivity contribution >= 4 is 22.9 Å². The van der Waals surface area contributed by atoms with Crippen molar-refractivity contribution in [2.24, 2.45) is 0 Å². The van der Waals surface area contributed by atoms with Crippen molar-refractivity contribution in [1.29, 1.82) is 0 Å². The third-order valence-electron chi connectivity index (χ3n) is 6.05. The van der Waals surface area contributed by atoms with Gasteiger partial charge >= 0.3 is 0 Å². The molecule has 2 nitrogen and oxygen atoms in total. The van der Waals surface area contributed by atoms with Gasteiger partial charge in [-0.2, -0.15) is 0 Å². The molecule has 33 heavy (non-hydrogen) atoms. The van der Waals surface area contributed by atoms with Gasteiger partial charge < -0.3 is 10.1 Å². The van der Waals surface area contributed by atoms with E-state index >= 15 is 0 Å². The second-order valence-corrected chi connectivity index (χ2v) is 8.37. The molecule has 4 rings (SSSR count). The smallest absolute Gasteiger partial charge is 0.123 e. The van der Waals surface area contributed by atoms with Gasteiger partial charge in [0.2, 0.25) is 0 Å². The van der Waals surface area contributed by atoms with Crippen LogP contribution in [0.4, 0.5) is 4.39 Å². The Morgan fingerprint density at radius 3 is 2.52 bits per heavy atom. The summed E-state index contributed by atoms with van der Waals surface area (Å²) in [6, 6.07) is 27.8. The molecule has 4 aromatic carbocycles. The molecular weight excluding hydrogens is 409 g/mol. The Hall–Kier alpha value is -3.43. The van der Waals surface area contributed by atoms with Crippen molar-refractivity contribution in [2.45, 2.75) is 19.3 Å². The highest BCUT2D eigenvalue weighted by molar-refractivity contribution is 5.85. The zero-order valence-corrected chi connectivity index (χ0v) is 19.2. The summed E-state index contributed by atoms with van der Waals surface area (Å²) in [4.78, 5) is 0. The topological polar surface area (TPSA) is 21.3 Å². The van der Waals surface area contributed by atoms with Gasteiger partial charge in [0, 0.05) is 6.54 Å². The molecule has 0 radical (unpaired) electrons. The fraction of sp³-hybridized carbons (Fsp3) is 0.200. The number of halogens is 1. The molecule has 1 N–H and O–H groups in total. The van der Waals surface area contributed by atoms with Gasteiger partial charge in [-0.05, 0) is 76.2 Å². The predicted molar refractivity (Wildman–Crippen MR) is 137 cm³/mol. The maximum Gasteiger partial charge on any atom is 0.123 e. The molecule has 0 bridgehead atoms. The summed E-state index contributed by atoms with van der Waals surface area (Å²) >= 11 is 0. The fourth-order valence-corrected chi connectivity index (χ4v) is 4.18. The highest BCUT2D eigenvalue weighted by Gasteiger charge is 2.11. The first-order valence-corrected chi connectivity index (χ1v) is 11.4. The molecule has 0 saturated carbocycles. The lowest BCUT2D eigenvalue weighted by atomic mass is 9.94. The average Bonchev–Trinajstić information content (AvgIpc) is 2.86. The van der Waals surface area contributed by atoms with Gasteiger partial charge in [0.1, 0.15) is 11.6 Å². The van der Waals surface area contributed by atoms with E-state index in [2.05, 4.69) is 72.9 Å². The van der Waals surface area contributed by atoms with Crippen molar-refractivity contribution in [3.63, 3.8) is 0 Å². The van der Waals surface area contributed by atoms with Gasteiger partial charge in [0.05, 0.1) is 7.11 Å². The molecule has 0 amide bonds. The van der Waals surface area contributed by atoms with E-state index in [-0.39, 0.29) is 5.82 Å². The van der Waals surface area contributed by atoms with Gasteiger partial charge in [0.15, 0.2) is 0 Å². The molecule has 1 unspecified atom stereocenters. The summed E-state index contributed by atoms with van der Waals surface area (Å²) in [6.45, 7) is 4.02. The van der Waals surface area contributed by atoms with Crippen LogP contribution in [0, 0.1) is 5.82 Å². The molecule has 0 spiro atoms. The number of hydrogen-bond acceptors (Lipinski definition) is 2. The summed E-state index contributed by atoms with van der Waals surface area (Å²) in [6.07, 6.45) is 5.10. The van der Waals surface area contributed by atoms with Gasteiger partial charge in [-0.1, -0.05) is 79.7 Å². The van der Waals surface area contributed by atoms with Crippen molar-refractivity contribution in [1.82, 2.24) is 5.32 Å². The first-order chi connectivity index (χ1) is 16.1. The molecule has 3 heteroatoms. The fourth-order valence-electron chi connectivity index (χ4n) is 4.18. The Balaban J connectivity index is 1.42. The van der Waals surface area contributed by atoms with Crippen molar-refractivity contribution in [3.8, 4) is 5.75 Å². The number of nitrogens with one attached hydrogen (secondary N) is 1. The Morgan fingerprint density at radius 2 is 1.70 bits per heavy atom. The minimum Gasteiger partial charge on any atom is -0.497 e. The third kappa shape index (κ3) is 5.88. The Kier molecular flexibility index (Phi) is 7.54. The molecule has 0 aliphatic carbocycles. The summed E-state index contributed by atoms with van der Waals surface area (Å²) in [7, 11) is 1.69. The second-order valence-electron chi connectivity index (χ2n) is 8.37. The molecule has 0 aliphatic rings. The lowest BCUT2D eigenvalue weighted by Crippen LogP contribution is -2.23. The Morgan fingerprint density at radius 1 is 0.909 bits per heavy atom. The quantitative estimate of drug-likeness (QED) is 0.222. The summed E-state index contributed by atoms with van der Waals surface area (Å²) in [5.74, 6) is 0.938. The maximum absolute atomic E-state index is 13.2. The van der Waals surface area contributed by atoms with Gasteiger partial charge in [-0.3, -0.25) is 0 Å². The first kappa shape index (κ1) is 22.8. The summed E-state index contributed by atoms with van der Waals surface area (Å²) in [5, 5.41) is 6.25. The van der Waals surface area contributed by atoms with E-state index in [1.807, 2.05) is 12.1 Å². The number of fused-ring (bicyclic) bond motifs is 1. The molecule has 0 heterocycles. The van der Waals surface area contributed by atoms with E-state index in [4.69, 9.17) is 4.74 Å². The average molecular weight is 440 g/mol. The monoisotopic (exact) mass is 439 g/mol. The van der Waals surface area contributed by atoms with Crippen LogP contribution in [0.15, 0.2) is 84.9 Å². The predicted octanol–water partition coefficient (Wildman–Crippen LogP) is 7.09. The molecule has 4 aromatic rings. The number of hydrogen-bond donors (Lipinski definition) is 1. The SMILES string of the molecule is COc1ccc(C=Cc2ccc(F)cc2)c(C(C)CNCCc2cccc3ccccc23)c1. The first-order valence-electron chi connectivity index (χ1n) is 11.4. The van der Waals surface area contributed by atoms with E-state index in [1.165, 1.54) is 34.0 Å². The number of benzene rings is 4. The van der Waals surface area contributed by atoms with Crippen LogP contribution in [0.5, 0.6) is 5.75 Å². The molecular formula is C30H30FNO.